The van der Waals surface area contributed by atoms with Gasteiger partial charge >= 0.3 is 5.97 Å². The number of benzene rings is 1. The number of hydrogen-bond acceptors (Lipinski definition) is 4. The van der Waals surface area contributed by atoms with Crippen LogP contribution >= 0.6 is 0 Å². The van der Waals surface area contributed by atoms with Crippen molar-refractivity contribution >= 4 is 17.5 Å². The van der Waals surface area contributed by atoms with Gasteiger partial charge in [0.1, 0.15) is 17.2 Å². The van der Waals surface area contributed by atoms with E-state index >= 15 is 0 Å². The van der Waals surface area contributed by atoms with Crippen molar-refractivity contribution in [2.75, 3.05) is 18.6 Å². The van der Waals surface area contributed by atoms with Gasteiger partial charge in [-0.3, -0.25) is 5.41 Å². The number of methoxy groups -OCH3 is 1. The van der Waals surface area contributed by atoms with Gasteiger partial charge in [-0.1, -0.05) is 18.2 Å². The van der Waals surface area contributed by atoms with Crippen LogP contribution < -0.4 is 4.90 Å². The number of aliphatic hydroxyl groups excluding tert-OH is 1. The van der Waals surface area contributed by atoms with E-state index < -0.39 is 5.97 Å². The highest BCUT2D eigenvalue weighted by Crippen LogP contribution is 2.25. The predicted octanol–water partition coefficient (Wildman–Crippen LogP) is 1.47. The van der Waals surface area contributed by atoms with E-state index in [1.807, 2.05) is 30.3 Å². The maximum absolute atomic E-state index is 11.4. The molecule has 0 saturated heterocycles. The SMILES string of the molecule is COC(=O)C1=C(O)CN(c2ccccc2)C1=N. The number of ether oxygens (including phenoxy) is 1. The Morgan fingerprint density at radius 2 is 2.06 bits per heavy atom. The smallest absolute Gasteiger partial charge is 0.345 e. The lowest BCUT2D eigenvalue weighted by atomic mass is 10.2. The van der Waals surface area contributed by atoms with E-state index in [2.05, 4.69) is 4.74 Å². The molecule has 1 aromatic carbocycles. The molecule has 0 unspecified atom stereocenters. The number of anilines is 1. The number of amidine groups is 1. The van der Waals surface area contributed by atoms with Crippen LogP contribution in [-0.4, -0.2) is 30.6 Å². The molecule has 0 aliphatic carbocycles. The summed E-state index contributed by atoms with van der Waals surface area (Å²) in [6.07, 6.45) is 0. The fourth-order valence-electron chi connectivity index (χ4n) is 1.72. The molecule has 1 aromatic rings. The topological polar surface area (TPSA) is 73.6 Å². The van der Waals surface area contributed by atoms with E-state index in [-0.39, 0.29) is 23.7 Å². The van der Waals surface area contributed by atoms with Crippen LogP contribution in [0.15, 0.2) is 41.7 Å². The summed E-state index contributed by atoms with van der Waals surface area (Å²) in [5, 5.41) is 17.6. The van der Waals surface area contributed by atoms with Crippen molar-refractivity contribution in [1.82, 2.24) is 0 Å². The molecule has 2 rings (SSSR count). The Balaban J connectivity index is 2.30. The van der Waals surface area contributed by atoms with E-state index in [9.17, 15) is 9.90 Å². The average Bonchev–Trinajstić information content (AvgIpc) is 2.65. The first-order valence-electron chi connectivity index (χ1n) is 5.07. The summed E-state index contributed by atoms with van der Waals surface area (Å²) in [4.78, 5) is 12.9. The third kappa shape index (κ3) is 1.87. The molecular formula is C12H12N2O3. The molecule has 5 nitrogen and oxygen atoms in total. The number of carbonyl (C=O) groups is 1. The fraction of sp³-hybridized carbons (Fsp3) is 0.167. The fourth-order valence-corrected chi connectivity index (χ4v) is 1.72. The van der Waals surface area contributed by atoms with Crippen LogP contribution in [0.3, 0.4) is 0 Å². The second-order valence-electron chi connectivity index (χ2n) is 3.58. The number of carbonyl (C=O) groups excluding carboxylic acids is 1. The summed E-state index contributed by atoms with van der Waals surface area (Å²) < 4.78 is 4.53. The van der Waals surface area contributed by atoms with E-state index in [0.717, 1.165) is 5.69 Å². The van der Waals surface area contributed by atoms with Gasteiger partial charge in [0, 0.05) is 5.69 Å². The standard InChI is InChI=1S/C12H12N2O3/c1-17-12(16)10-9(15)7-14(11(10)13)8-5-3-2-4-6-8/h2-6,13,15H,7H2,1H3. The number of rotatable bonds is 2. The van der Waals surface area contributed by atoms with Crippen molar-refractivity contribution in [3.8, 4) is 0 Å². The van der Waals surface area contributed by atoms with Gasteiger partial charge in [-0.2, -0.15) is 0 Å². The number of hydrogen-bond donors (Lipinski definition) is 2. The van der Waals surface area contributed by atoms with E-state index in [0.29, 0.717) is 0 Å². The Labute approximate surface area is 98.4 Å². The first-order valence-corrected chi connectivity index (χ1v) is 5.07. The molecule has 88 valence electrons. The lowest BCUT2D eigenvalue weighted by Gasteiger charge is -2.18. The normalized spacial score (nSPS) is 15.4. The van der Waals surface area contributed by atoms with E-state index in [1.165, 1.54) is 7.11 Å². The van der Waals surface area contributed by atoms with Gasteiger partial charge in [-0.15, -0.1) is 0 Å². The highest BCUT2D eigenvalue weighted by molar-refractivity contribution is 6.25. The third-order valence-electron chi connectivity index (χ3n) is 2.56. The summed E-state index contributed by atoms with van der Waals surface area (Å²) >= 11 is 0. The Bertz CT molecular complexity index is 494. The van der Waals surface area contributed by atoms with E-state index in [4.69, 9.17) is 5.41 Å². The van der Waals surface area contributed by atoms with Crippen LogP contribution in [0, 0.1) is 5.41 Å². The Kier molecular flexibility index (Phi) is 2.82. The second-order valence-corrected chi connectivity index (χ2v) is 3.58. The summed E-state index contributed by atoms with van der Waals surface area (Å²) in [5.74, 6) is -0.864. The number of nitrogens with zero attached hydrogens (tertiary/aromatic N) is 1. The molecule has 0 spiro atoms. The van der Waals surface area contributed by atoms with Crippen LogP contribution in [0.1, 0.15) is 0 Å². The minimum atomic E-state index is -0.689. The van der Waals surface area contributed by atoms with Gasteiger partial charge in [-0.05, 0) is 12.1 Å². The molecule has 0 fully saturated rings. The van der Waals surface area contributed by atoms with Crippen molar-refractivity contribution in [3.05, 3.63) is 41.7 Å². The molecule has 1 aliphatic rings. The molecule has 0 atom stereocenters. The van der Waals surface area contributed by atoms with Crippen LogP contribution in [0.5, 0.6) is 0 Å². The largest absolute Gasteiger partial charge is 0.509 e. The molecule has 0 aromatic heterocycles. The molecule has 1 aliphatic heterocycles. The molecule has 17 heavy (non-hydrogen) atoms. The first kappa shape index (κ1) is 11.2. The number of nitrogens with one attached hydrogen (secondary N) is 1. The van der Waals surface area contributed by atoms with Crippen LogP contribution in [0.25, 0.3) is 0 Å². The summed E-state index contributed by atoms with van der Waals surface area (Å²) in [6, 6.07) is 9.13. The molecule has 0 saturated carbocycles. The minimum absolute atomic E-state index is 0.0412. The zero-order chi connectivity index (χ0) is 12.4. The molecule has 0 amide bonds. The Hall–Kier alpha value is -2.30. The molecule has 1 heterocycles. The maximum Gasteiger partial charge on any atom is 0.345 e. The summed E-state index contributed by atoms with van der Waals surface area (Å²) in [7, 11) is 1.22. The molecule has 5 heteroatoms. The van der Waals surface area contributed by atoms with Gasteiger partial charge < -0.3 is 14.7 Å². The Morgan fingerprint density at radius 1 is 1.41 bits per heavy atom. The molecular weight excluding hydrogens is 220 g/mol. The van der Waals surface area contributed by atoms with Gasteiger partial charge in [0.15, 0.2) is 0 Å². The predicted molar refractivity (Wildman–Crippen MR) is 63.2 cm³/mol. The summed E-state index contributed by atoms with van der Waals surface area (Å²) in [6.45, 7) is 0.118. The lowest BCUT2D eigenvalue weighted by Crippen LogP contribution is -2.28. The van der Waals surface area contributed by atoms with Crippen LogP contribution in [-0.2, 0) is 9.53 Å². The quantitative estimate of drug-likeness (QED) is 0.757. The number of para-hydroxylation sites is 1. The zero-order valence-electron chi connectivity index (χ0n) is 9.30. The zero-order valence-corrected chi connectivity index (χ0v) is 9.30. The number of esters is 1. The van der Waals surface area contributed by atoms with Crippen molar-refractivity contribution in [1.29, 1.82) is 5.41 Å². The molecule has 0 radical (unpaired) electrons. The lowest BCUT2D eigenvalue weighted by molar-refractivity contribution is -0.135. The van der Waals surface area contributed by atoms with Crippen molar-refractivity contribution in [3.63, 3.8) is 0 Å². The van der Waals surface area contributed by atoms with Crippen molar-refractivity contribution in [2.45, 2.75) is 0 Å². The van der Waals surface area contributed by atoms with Crippen molar-refractivity contribution < 1.29 is 14.6 Å². The highest BCUT2D eigenvalue weighted by atomic mass is 16.5. The van der Waals surface area contributed by atoms with Crippen LogP contribution in [0.2, 0.25) is 0 Å². The third-order valence-corrected chi connectivity index (χ3v) is 2.56. The van der Waals surface area contributed by atoms with Gasteiger partial charge in [0.2, 0.25) is 0 Å². The number of aliphatic hydroxyl groups is 1. The van der Waals surface area contributed by atoms with Crippen molar-refractivity contribution in [2.24, 2.45) is 0 Å². The first-order chi connectivity index (χ1) is 8.15. The second kappa shape index (κ2) is 4.29. The maximum atomic E-state index is 11.4. The van der Waals surface area contributed by atoms with Gasteiger partial charge in [0.05, 0.1) is 13.7 Å². The molecule has 0 bridgehead atoms. The minimum Gasteiger partial charge on any atom is -0.509 e. The average molecular weight is 232 g/mol. The van der Waals surface area contributed by atoms with Crippen LogP contribution in [0.4, 0.5) is 5.69 Å². The van der Waals surface area contributed by atoms with Gasteiger partial charge in [0.25, 0.3) is 0 Å². The highest BCUT2D eigenvalue weighted by Gasteiger charge is 2.33. The Morgan fingerprint density at radius 3 is 2.65 bits per heavy atom. The summed E-state index contributed by atoms with van der Waals surface area (Å²) in [5.41, 5.74) is 0.680. The van der Waals surface area contributed by atoms with Gasteiger partial charge in [-0.25, -0.2) is 4.79 Å². The van der Waals surface area contributed by atoms with E-state index in [1.54, 1.807) is 4.90 Å². The monoisotopic (exact) mass is 232 g/mol. The molecule has 2 N–H and O–H groups in total.